The molecule has 3 rings (SSSR count). The van der Waals surface area contributed by atoms with Gasteiger partial charge in [0, 0.05) is 37.3 Å². The number of fused-ring (bicyclic) bond motifs is 1. The maximum atomic E-state index is 12.0. The van der Waals surface area contributed by atoms with Crippen molar-refractivity contribution in [3.05, 3.63) is 64.3 Å². The number of nitrogens with zero attached hydrogens (tertiary/aromatic N) is 2. The van der Waals surface area contributed by atoms with Crippen LogP contribution in [0.2, 0.25) is 0 Å². The minimum Gasteiger partial charge on any atom is -0.394 e. The molecule has 8 heteroatoms. The first-order valence-electron chi connectivity index (χ1n) is 9.20. The molecule has 0 saturated carbocycles. The highest BCUT2D eigenvalue weighted by Crippen LogP contribution is 2.20. The highest BCUT2D eigenvalue weighted by Gasteiger charge is 2.22. The summed E-state index contributed by atoms with van der Waals surface area (Å²) in [5.74, 6) is 0.684. The quantitative estimate of drug-likeness (QED) is 0.410. The third kappa shape index (κ3) is 5.02. The molecule has 2 heterocycles. The molecule has 1 unspecified atom stereocenters. The number of aromatic nitrogens is 3. The third-order valence-corrected chi connectivity index (χ3v) is 5.56. The van der Waals surface area contributed by atoms with Crippen LogP contribution in [0.3, 0.4) is 0 Å². The van der Waals surface area contributed by atoms with E-state index < -0.39 is 6.10 Å². The van der Waals surface area contributed by atoms with Crippen molar-refractivity contribution in [2.45, 2.75) is 19.2 Å². The Balaban J connectivity index is 1.86. The van der Waals surface area contributed by atoms with Crippen LogP contribution in [0.15, 0.2) is 47.7 Å². The number of thioether (sulfide) groups is 1. The summed E-state index contributed by atoms with van der Waals surface area (Å²) >= 11 is 1.65. The number of benzene rings is 1. The summed E-state index contributed by atoms with van der Waals surface area (Å²) in [6.45, 7) is 1.63. The predicted octanol–water partition coefficient (Wildman–Crippen LogP) is 1.59. The number of H-pyrrole nitrogens is 2. The van der Waals surface area contributed by atoms with Gasteiger partial charge in [0.2, 0.25) is 0 Å². The van der Waals surface area contributed by atoms with E-state index in [1.807, 2.05) is 30.7 Å². The number of hydrogen-bond acceptors (Lipinski definition) is 6. The Hall–Kier alpha value is -2.13. The molecule has 0 fully saturated rings. The molecular weight excluding hydrogens is 376 g/mol. The first kappa shape index (κ1) is 20.6. The molecule has 2 aromatic heterocycles. The third-order valence-electron chi connectivity index (χ3n) is 4.80. The lowest BCUT2D eigenvalue weighted by Crippen LogP contribution is -2.37. The van der Waals surface area contributed by atoms with Crippen molar-refractivity contribution in [2.75, 3.05) is 25.2 Å². The predicted molar refractivity (Wildman–Crippen MR) is 112 cm³/mol. The maximum Gasteiger partial charge on any atom is 0.275 e. The monoisotopic (exact) mass is 402 g/mol. The summed E-state index contributed by atoms with van der Waals surface area (Å²) in [5, 5.41) is 19.7. The smallest absolute Gasteiger partial charge is 0.275 e. The normalized spacial score (nSPS) is 13.9. The fourth-order valence-electron chi connectivity index (χ4n) is 3.37. The Bertz CT molecular complexity index is 928. The van der Waals surface area contributed by atoms with Gasteiger partial charge in [-0.25, -0.2) is 4.98 Å². The van der Waals surface area contributed by atoms with Gasteiger partial charge in [0.15, 0.2) is 0 Å². The van der Waals surface area contributed by atoms with Crippen LogP contribution >= 0.6 is 11.8 Å². The van der Waals surface area contributed by atoms with Crippen molar-refractivity contribution in [3.8, 4) is 0 Å². The van der Waals surface area contributed by atoms with Crippen molar-refractivity contribution >= 4 is 22.8 Å². The minimum atomic E-state index is -0.769. The summed E-state index contributed by atoms with van der Waals surface area (Å²) < 4.78 is 0. The minimum absolute atomic E-state index is 0.0646. The number of hydrogen-bond donors (Lipinski definition) is 4. The Morgan fingerprint density at radius 3 is 2.71 bits per heavy atom. The molecule has 3 aromatic rings. The Kier molecular flexibility index (Phi) is 7.27. The summed E-state index contributed by atoms with van der Waals surface area (Å²) in [7, 11) is 0. The highest BCUT2D eigenvalue weighted by atomic mass is 32.2. The summed E-state index contributed by atoms with van der Waals surface area (Å²) in [4.78, 5) is 24.1. The molecule has 0 bridgehead atoms. The van der Waals surface area contributed by atoms with Gasteiger partial charge < -0.3 is 20.2 Å². The topological polar surface area (TPSA) is 105 Å². The fourth-order valence-corrected chi connectivity index (χ4v) is 4.13. The van der Waals surface area contributed by atoms with Gasteiger partial charge in [-0.05, 0) is 17.6 Å². The Labute approximate surface area is 167 Å². The van der Waals surface area contributed by atoms with Gasteiger partial charge in [0.25, 0.3) is 5.56 Å². The van der Waals surface area contributed by atoms with Gasteiger partial charge in [0.1, 0.15) is 5.52 Å². The van der Waals surface area contributed by atoms with Crippen molar-refractivity contribution < 1.29 is 10.2 Å². The van der Waals surface area contributed by atoms with Crippen LogP contribution in [0.5, 0.6) is 0 Å². The van der Waals surface area contributed by atoms with Crippen LogP contribution in [0.4, 0.5) is 0 Å². The van der Waals surface area contributed by atoms with Crippen LogP contribution in [0, 0.1) is 5.92 Å². The van der Waals surface area contributed by atoms with Crippen molar-refractivity contribution in [1.82, 2.24) is 19.9 Å². The molecule has 0 radical (unpaired) electrons. The van der Waals surface area contributed by atoms with Gasteiger partial charge in [0.05, 0.1) is 24.6 Å². The molecule has 150 valence electrons. The van der Waals surface area contributed by atoms with E-state index in [4.69, 9.17) is 0 Å². The molecule has 4 N–H and O–H groups in total. The number of aliphatic hydroxyl groups excluding tert-OH is 2. The standard InChI is InChI=1S/C20H26N4O3S/c1-28-12-16(17(26)11-25)10-24(8-14-5-3-2-4-6-14)9-15-7-21-19-18(15)22-13-23-20(19)27/h2-7,13,16-17,21,25-26H,8-12H2,1H3,(H,22,23,27)/t16?,17-/m1/s1. The van der Waals surface area contributed by atoms with E-state index in [-0.39, 0.29) is 18.1 Å². The highest BCUT2D eigenvalue weighted by molar-refractivity contribution is 7.98. The lowest BCUT2D eigenvalue weighted by molar-refractivity contribution is 0.0374. The van der Waals surface area contributed by atoms with Crippen molar-refractivity contribution in [1.29, 1.82) is 0 Å². The molecule has 2 atom stereocenters. The summed E-state index contributed by atoms with van der Waals surface area (Å²) in [6.07, 6.45) is 4.45. The first-order chi connectivity index (χ1) is 13.6. The molecule has 1 aromatic carbocycles. The number of rotatable bonds is 10. The summed E-state index contributed by atoms with van der Waals surface area (Å²) in [5.41, 5.74) is 3.02. The molecule has 0 aliphatic heterocycles. The van der Waals surface area contributed by atoms with Crippen molar-refractivity contribution in [2.24, 2.45) is 5.92 Å². The molecule has 0 saturated heterocycles. The van der Waals surface area contributed by atoms with Crippen LogP contribution in [0.1, 0.15) is 11.1 Å². The van der Waals surface area contributed by atoms with E-state index in [1.54, 1.807) is 11.8 Å². The van der Waals surface area contributed by atoms with E-state index in [0.29, 0.717) is 30.7 Å². The average molecular weight is 403 g/mol. The molecule has 28 heavy (non-hydrogen) atoms. The second-order valence-corrected chi connectivity index (χ2v) is 7.80. The number of nitrogens with one attached hydrogen (secondary N) is 2. The molecule has 0 aliphatic rings. The lowest BCUT2D eigenvalue weighted by Gasteiger charge is -2.29. The average Bonchev–Trinajstić information content (AvgIpc) is 3.12. The fraction of sp³-hybridized carbons (Fsp3) is 0.400. The molecule has 0 amide bonds. The van der Waals surface area contributed by atoms with Crippen molar-refractivity contribution in [3.63, 3.8) is 0 Å². The van der Waals surface area contributed by atoms with Gasteiger partial charge in [-0.3, -0.25) is 9.69 Å². The van der Waals surface area contributed by atoms with Crippen LogP contribution in [-0.4, -0.2) is 61.3 Å². The zero-order valence-corrected chi connectivity index (χ0v) is 16.7. The van der Waals surface area contributed by atoms with E-state index in [2.05, 4.69) is 32.0 Å². The summed E-state index contributed by atoms with van der Waals surface area (Å²) in [6, 6.07) is 10.1. The van der Waals surface area contributed by atoms with Crippen LogP contribution < -0.4 is 5.56 Å². The van der Waals surface area contributed by atoms with E-state index >= 15 is 0 Å². The van der Waals surface area contributed by atoms with Gasteiger partial charge >= 0.3 is 0 Å². The SMILES string of the molecule is CSCC(CN(Cc1ccccc1)Cc1c[nH]c2c(=O)[nH]cnc12)[C@H](O)CO. The second kappa shape index (κ2) is 9.88. The molecule has 0 aliphatic carbocycles. The number of aliphatic hydroxyl groups is 2. The zero-order valence-electron chi connectivity index (χ0n) is 15.8. The van der Waals surface area contributed by atoms with Crippen LogP contribution in [0.25, 0.3) is 11.0 Å². The van der Waals surface area contributed by atoms with Gasteiger partial charge in [-0.15, -0.1) is 0 Å². The number of aromatic amines is 2. The van der Waals surface area contributed by atoms with Gasteiger partial charge in [-0.1, -0.05) is 30.3 Å². The van der Waals surface area contributed by atoms with Gasteiger partial charge in [-0.2, -0.15) is 11.8 Å². The maximum absolute atomic E-state index is 12.0. The Morgan fingerprint density at radius 2 is 2.00 bits per heavy atom. The molecular formula is C20H26N4O3S. The largest absolute Gasteiger partial charge is 0.394 e. The zero-order chi connectivity index (χ0) is 19.9. The molecule has 0 spiro atoms. The van der Waals surface area contributed by atoms with E-state index in [1.165, 1.54) is 6.33 Å². The van der Waals surface area contributed by atoms with Crippen LogP contribution in [-0.2, 0) is 13.1 Å². The first-order valence-corrected chi connectivity index (χ1v) is 10.6. The van der Waals surface area contributed by atoms with E-state index in [0.717, 1.165) is 16.9 Å². The lowest BCUT2D eigenvalue weighted by atomic mass is 10.0. The second-order valence-electron chi connectivity index (χ2n) is 6.89. The molecule has 7 nitrogen and oxygen atoms in total. The Morgan fingerprint density at radius 1 is 1.21 bits per heavy atom. The van der Waals surface area contributed by atoms with E-state index in [9.17, 15) is 15.0 Å².